The summed E-state index contributed by atoms with van der Waals surface area (Å²) in [6, 6.07) is 68.7. The molecule has 1 aliphatic heterocycles. The monoisotopic (exact) mass is 716 g/mol. The van der Waals surface area contributed by atoms with Crippen LogP contribution in [0.2, 0.25) is 0 Å². The summed E-state index contributed by atoms with van der Waals surface area (Å²) in [5, 5.41) is 11.6. The molecule has 2 heterocycles. The molecule has 5 nitrogen and oxygen atoms in total. The Bertz CT molecular complexity index is 2900. The van der Waals surface area contributed by atoms with Gasteiger partial charge in [0.25, 0.3) is 0 Å². The third-order valence-corrected chi connectivity index (χ3v) is 10.7. The molecule has 0 unspecified atom stereocenters. The third-order valence-electron chi connectivity index (χ3n) is 10.7. The summed E-state index contributed by atoms with van der Waals surface area (Å²) < 4.78 is 7.23. The van der Waals surface area contributed by atoms with Gasteiger partial charge in [-0.25, -0.2) is 15.0 Å². The molecule has 8 aromatic carbocycles. The molecule has 5 heteroatoms. The van der Waals surface area contributed by atoms with Crippen LogP contribution in [0.3, 0.4) is 0 Å². The number of fused-ring (bicyclic) bond motifs is 4. The Hall–Kier alpha value is -7.68. The molecule has 0 bridgehead atoms. The van der Waals surface area contributed by atoms with Crippen molar-refractivity contribution in [2.45, 2.75) is 5.41 Å². The van der Waals surface area contributed by atoms with Gasteiger partial charge in [-0.15, -0.1) is 0 Å². The SMILES string of the molecule is N#Cc1ccc(-c2nc(-c3ccccc3)nc(-c3cccc(-c4cccc5c4Oc4c(ccc6ccccc46)C5(c4ccccc4)c4ccccc4)c3)n2)cc1. The van der Waals surface area contributed by atoms with E-state index >= 15 is 0 Å². The zero-order chi connectivity index (χ0) is 37.5. The van der Waals surface area contributed by atoms with Crippen LogP contribution >= 0.6 is 0 Å². The van der Waals surface area contributed by atoms with E-state index in [-0.39, 0.29) is 0 Å². The van der Waals surface area contributed by atoms with Gasteiger partial charge >= 0.3 is 0 Å². The Morgan fingerprint density at radius 3 is 1.64 bits per heavy atom. The maximum Gasteiger partial charge on any atom is 0.164 e. The van der Waals surface area contributed by atoms with Crippen molar-refractivity contribution < 1.29 is 4.74 Å². The first kappa shape index (κ1) is 32.9. The summed E-state index contributed by atoms with van der Waals surface area (Å²) in [7, 11) is 0. The van der Waals surface area contributed by atoms with Crippen molar-refractivity contribution in [1.29, 1.82) is 5.26 Å². The first-order chi connectivity index (χ1) is 27.7. The predicted molar refractivity (Wildman–Crippen MR) is 222 cm³/mol. The largest absolute Gasteiger partial charge is 0.455 e. The smallest absolute Gasteiger partial charge is 0.164 e. The summed E-state index contributed by atoms with van der Waals surface area (Å²) in [5.74, 6) is 3.30. The highest BCUT2D eigenvalue weighted by molar-refractivity contribution is 5.93. The van der Waals surface area contributed by atoms with Crippen molar-refractivity contribution in [2.24, 2.45) is 0 Å². The fourth-order valence-corrected chi connectivity index (χ4v) is 8.10. The van der Waals surface area contributed by atoms with E-state index in [4.69, 9.17) is 19.7 Å². The number of hydrogen-bond acceptors (Lipinski definition) is 5. The summed E-state index contributed by atoms with van der Waals surface area (Å²) in [6.07, 6.45) is 0. The molecular formula is C51H32N4O. The number of rotatable bonds is 6. The zero-order valence-corrected chi connectivity index (χ0v) is 30.2. The van der Waals surface area contributed by atoms with Crippen LogP contribution in [-0.4, -0.2) is 15.0 Å². The van der Waals surface area contributed by atoms with Gasteiger partial charge < -0.3 is 4.74 Å². The van der Waals surface area contributed by atoms with Crippen LogP contribution in [-0.2, 0) is 5.41 Å². The van der Waals surface area contributed by atoms with Gasteiger partial charge in [-0.3, -0.25) is 0 Å². The number of para-hydroxylation sites is 1. The van der Waals surface area contributed by atoms with E-state index in [1.807, 2.05) is 54.6 Å². The summed E-state index contributed by atoms with van der Waals surface area (Å²) >= 11 is 0. The lowest BCUT2D eigenvalue weighted by Crippen LogP contribution is -2.34. The molecule has 1 aliphatic rings. The fourth-order valence-electron chi connectivity index (χ4n) is 8.10. The number of aromatic nitrogens is 3. The van der Waals surface area contributed by atoms with Crippen molar-refractivity contribution in [3.05, 3.63) is 222 Å². The molecule has 1 aromatic heterocycles. The fraction of sp³-hybridized carbons (Fsp3) is 0.0196. The molecule has 0 saturated carbocycles. The van der Waals surface area contributed by atoms with Gasteiger partial charge in [-0.2, -0.15) is 5.26 Å². The number of nitriles is 1. The third kappa shape index (κ3) is 5.43. The van der Waals surface area contributed by atoms with E-state index in [0.29, 0.717) is 23.0 Å². The average Bonchev–Trinajstić information content (AvgIpc) is 3.29. The lowest BCUT2D eigenvalue weighted by Gasteiger charge is -2.42. The molecule has 0 radical (unpaired) electrons. The Kier molecular flexibility index (Phi) is 8.01. The van der Waals surface area contributed by atoms with E-state index in [9.17, 15) is 5.26 Å². The van der Waals surface area contributed by atoms with Crippen LogP contribution in [0.15, 0.2) is 194 Å². The standard InChI is InChI=1S/C51H32N4O/c52-33-34-26-28-37(29-27-34)49-53-48(36-15-4-1-5-16-36)54-50(55-49)39-18-12-17-38(32-39)43-24-13-25-44-47(43)56-46-42-23-11-10-14-35(42)30-31-45(46)51(44,40-19-6-2-7-20-40)41-21-8-3-9-22-41/h1-32H. The van der Waals surface area contributed by atoms with Crippen molar-refractivity contribution in [3.63, 3.8) is 0 Å². The second-order valence-electron chi connectivity index (χ2n) is 13.9. The number of benzene rings is 8. The summed E-state index contributed by atoms with van der Waals surface area (Å²) in [6.45, 7) is 0. The van der Waals surface area contributed by atoms with Crippen LogP contribution < -0.4 is 4.74 Å². The molecule has 0 spiro atoms. The summed E-state index contributed by atoms with van der Waals surface area (Å²) in [5.41, 5.74) is 8.85. The second-order valence-corrected chi connectivity index (χ2v) is 13.9. The van der Waals surface area contributed by atoms with E-state index in [1.54, 1.807) is 12.1 Å². The second kappa shape index (κ2) is 13.6. The normalized spacial score (nSPS) is 12.6. The lowest BCUT2D eigenvalue weighted by atomic mass is 9.63. The van der Waals surface area contributed by atoms with Crippen LogP contribution in [0.25, 0.3) is 56.1 Å². The molecule has 0 saturated heterocycles. The average molecular weight is 717 g/mol. The lowest BCUT2D eigenvalue weighted by molar-refractivity contribution is 0.441. The van der Waals surface area contributed by atoms with Crippen LogP contribution in [0.1, 0.15) is 27.8 Å². The Labute approximate surface area is 324 Å². The van der Waals surface area contributed by atoms with E-state index in [2.05, 4.69) is 133 Å². The van der Waals surface area contributed by atoms with Gasteiger partial charge in [0, 0.05) is 38.8 Å². The quantitative estimate of drug-likeness (QED) is 0.171. The zero-order valence-electron chi connectivity index (χ0n) is 30.2. The van der Waals surface area contributed by atoms with Crippen LogP contribution in [0, 0.1) is 11.3 Å². The Morgan fingerprint density at radius 2 is 0.964 bits per heavy atom. The van der Waals surface area contributed by atoms with Gasteiger partial charge in [0.2, 0.25) is 0 Å². The number of nitrogens with zero attached hydrogens (tertiary/aromatic N) is 4. The molecule has 0 atom stereocenters. The number of hydrogen-bond donors (Lipinski definition) is 0. The van der Waals surface area contributed by atoms with E-state index < -0.39 is 5.41 Å². The minimum atomic E-state index is -0.669. The molecule has 10 rings (SSSR count). The molecule has 262 valence electrons. The minimum Gasteiger partial charge on any atom is -0.455 e. The van der Waals surface area contributed by atoms with E-state index in [0.717, 1.165) is 72.3 Å². The highest BCUT2D eigenvalue weighted by atomic mass is 16.5. The molecular weight excluding hydrogens is 685 g/mol. The van der Waals surface area contributed by atoms with Crippen LogP contribution in [0.4, 0.5) is 0 Å². The topological polar surface area (TPSA) is 71.7 Å². The van der Waals surface area contributed by atoms with Crippen molar-refractivity contribution >= 4 is 10.8 Å². The molecule has 0 aliphatic carbocycles. The van der Waals surface area contributed by atoms with Crippen LogP contribution in [0.5, 0.6) is 11.5 Å². The molecule has 0 fully saturated rings. The van der Waals surface area contributed by atoms with Crippen molar-refractivity contribution in [1.82, 2.24) is 15.0 Å². The van der Waals surface area contributed by atoms with Crippen molar-refractivity contribution in [2.75, 3.05) is 0 Å². The highest BCUT2D eigenvalue weighted by Crippen LogP contribution is 2.58. The summed E-state index contributed by atoms with van der Waals surface area (Å²) in [4.78, 5) is 14.9. The van der Waals surface area contributed by atoms with Gasteiger partial charge in [0.05, 0.1) is 17.0 Å². The first-order valence-electron chi connectivity index (χ1n) is 18.6. The minimum absolute atomic E-state index is 0.531. The van der Waals surface area contributed by atoms with Gasteiger partial charge in [-0.1, -0.05) is 164 Å². The highest BCUT2D eigenvalue weighted by Gasteiger charge is 2.46. The number of ether oxygens (including phenoxy) is 1. The molecule has 0 N–H and O–H groups in total. The molecule has 9 aromatic rings. The van der Waals surface area contributed by atoms with E-state index in [1.165, 1.54) is 0 Å². The van der Waals surface area contributed by atoms with Gasteiger partial charge in [0.15, 0.2) is 17.5 Å². The van der Waals surface area contributed by atoms with Gasteiger partial charge in [-0.05, 0) is 52.4 Å². The Morgan fingerprint density at radius 1 is 0.429 bits per heavy atom. The molecule has 56 heavy (non-hydrogen) atoms. The first-order valence-corrected chi connectivity index (χ1v) is 18.6. The maximum absolute atomic E-state index is 9.42. The van der Waals surface area contributed by atoms with Gasteiger partial charge in [0.1, 0.15) is 11.5 Å². The predicted octanol–water partition coefficient (Wildman–Crippen LogP) is 12.1. The molecule has 0 amide bonds. The maximum atomic E-state index is 9.42. The van der Waals surface area contributed by atoms with Crippen molar-refractivity contribution in [3.8, 4) is 62.9 Å². The Balaban J connectivity index is 1.20.